The Labute approximate surface area is 141 Å². The molecule has 0 unspecified atom stereocenters. The first kappa shape index (κ1) is 16.9. The summed E-state index contributed by atoms with van der Waals surface area (Å²) in [7, 11) is 1.77. The molecule has 0 aliphatic heterocycles. The summed E-state index contributed by atoms with van der Waals surface area (Å²) in [4.78, 5) is 14.0. The Bertz CT molecular complexity index is 780. The van der Waals surface area contributed by atoms with Gasteiger partial charge in [0.1, 0.15) is 6.07 Å². The first-order valence-electron chi connectivity index (χ1n) is 7.19. The molecule has 118 valence electrons. The number of hydrogen-bond acceptors (Lipinski definition) is 3. The van der Waals surface area contributed by atoms with Gasteiger partial charge in [0.15, 0.2) is 0 Å². The summed E-state index contributed by atoms with van der Waals surface area (Å²) < 4.78 is 0. The Morgan fingerprint density at radius 2 is 2.04 bits per heavy atom. The average molecular weight is 328 g/mol. The van der Waals surface area contributed by atoms with Crippen LogP contribution in [0, 0.1) is 25.2 Å². The van der Waals surface area contributed by atoms with Gasteiger partial charge in [0, 0.05) is 17.8 Å². The highest BCUT2D eigenvalue weighted by atomic mass is 35.5. The second-order valence-corrected chi connectivity index (χ2v) is 5.86. The van der Waals surface area contributed by atoms with Gasteiger partial charge in [0.2, 0.25) is 5.91 Å². The zero-order valence-electron chi connectivity index (χ0n) is 13.4. The topological polar surface area (TPSA) is 56.1 Å². The maximum absolute atomic E-state index is 12.3. The SMILES string of the molecule is Cc1cccc(NC(=O)CN(C)c2ccc(Cl)cc2C#N)c1C. The smallest absolute Gasteiger partial charge is 0.243 e. The minimum absolute atomic E-state index is 0.139. The van der Waals surface area contributed by atoms with E-state index in [0.717, 1.165) is 16.8 Å². The largest absolute Gasteiger partial charge is 0.364 e. The standard InChI is InChI=1S/C18H18ClN3O/c1-12-5-4-6-16(13(12)2)21-18(23)11-22(3)17-8-7-15(19)9-14(17)10-20/h4-9H,11H2,1-3H3,(H,21,23). The van der Waals surface area contributed by atoms with E-state index in [-0.39, 0.29) is 12.5 Å². The van der Waals surface area contributed by atoms with Crippen LogP contribution >= 0.6 is 11.6 Å². The lowest BCUT2D eigenvalue weighted by molar-refractivity contribution is -0.114. The van der Waals surface area contributed by atoms with E-state index in [0.29, 0.717) is 16.3 Å². The van der Waals surface area contributed by atoms with Crippen molar-refractivity contribution in [2.24, 2.45) is 0 Å². The molecule has 0 atom stereocenters. The van der Waals surface area contributed by atoms with Crippen molar-refractivity contribution in [3.05, 3.63) is 58.1 Å². The Balaban J connectivity index is 2.11. The number of nitrogens with zero attached hydrogens (tertiary/aromatic N) is 2. The predicted octanol–water partition coefficient (Wildman–Crippen LogP) is 3.90. The third-order valence-corrected chi connectivity index (χ3v) is 3.98. The van der Waals surface area contributed by atoms with Crippen LogP contribution in [0.25, 0.3) is 0 Å². The Kier molecular flexibility index (Phi) is 5.25. The first-order valence-corrected chi connectivity index (χ1v) is 7.57. The van der Waals surface area contributed by atoms with E-state index >= 15 is 0 Å². The number of nitriles is 1. The number of aryl methyl sites for hydroxylation is 1. The maximum atomic E-state index is 12.3. The molecule has 0 aromatic heterocycles. The number of nitrogens with one attached hydrogen (secondary N) is 1. The van der Waals surface area contributed by atoms with Gasteiger partial charge in [0.05, 0.1) is 17.8 Å². The monoisotopic (exact) mass is 327 g/mol. The molecule has 23 heavy (non-hydrogen) atoms. The van der Waals surface area contributed by atoms with Crippen molar-refractivity contribution in [2.75, 3.05) is 23.8 Å². The fourth-order valence-electron chi connectivity index (χ4n) is 2.31. The summed E-state index contributed by atoms with van der Waals surface area (Å²) >= 11 is 5.90. The van der Waals surface area contributed by atoms with E-state index in [4.69, 9.17) is 11.6 Å². The van der Waals surface area contributed by atoms with Crippen molar-refractivity contribution in [1.29, 1.82) is 5.26 Å². The van der Waals surface area contributed by atoms with Gasteiger partial charge in [-0.1, -0.05) is 23.7 Å². The molecule has 0 spiro atoms. The highest BCUT2D eigenvalue weighted by Crippen LogP contribution is 2.23. The number of halogens is 1. The Hall–Kier alpha value is -2.51. The molecule has 5 heteroatoms. The second kappa shape index (κ2) is 7.17. The summed E-state index contributed by atoms with van der Waals surface area (Å²) in [6, 6.07) is 12.9. The zero-order valence-corrected chi connectivity index (χ0v) is 14.1. The molecule has 0 saturated heterocycles. The molecular weight excluding hydrogens is 310 g/mol. The first-order chi connectivity index (χ1) is 10.9. The molecule has 1 N–H and O–H groups in total. The van der Waals surface area contributed by atoms with Gasteiger partial charge < -0.3 is 10.2 Å². The summed E-state index contributed by atoms with van der Waals surface area (Å²) in [5, 5.41) is 12.6. The molecule has 0 radical (unpaired) electrons. The second-order valence-electron chi connectivity index (χ2n) is 5.42. The molecule has 0 heterocycles. The molecule has 1 amide bonds. The van der Waals surface area contributed by atoms with Gasteiger partial charge in [-0.05, 0) is 49.2 Å². The fraction of sp³-hybridized carbons (Fsp3) is 0.222. The van der Waals surface area contributed by atoms with Crippen LogP contribution in [0.3, 0.4) is 0 Å². The molecule has 4 nitrogen and oxygen atoms in total. The van der Waals surface area contributed by atoms with Crippen LogP contribution in [0.4, 0.5) is 11.4 Å². The normalized spacial score (nSPS) is 10.0. The average Bonchev–Trinajstić information content (AvgIpc) is 2.51. The highest BCUT2D eigenvalue weighted by molar-refractivity contribution is 6.30. The van der Waals surface area contributed by atoms with E-state index in [1.165, 1.54) is 0 Å². The number of hydrogen-bond donors (Lipinski definition) is 1. The van der Waals surface area contributed by atoms with Crippen molar-refractivity contribution in [3.63, 3.8) is 0 Å². The molecule has 2 aromatic rings. The van der Waals surface area contributed by atoms with Crippen LogP contribution in [-0.4, -0.2) is 19.5 Å². The van der Waals surface area contributed by atoms with Crippen molar-refractivity contribution >= 4 is 28.9 Å². The van der Waals surface area contributed by atoms with E-state index in [1.807, 2.05) is 32.0 Å². The van der Waals surface area contributed by atoms with E-state index < -0.39 is 0 Å². The third-order valence-electron chi connectivity index (χ3n) is 3.75. The predicted molar refractivity (Wildman–Crippen MR) is 94.0 cm³/mol. The van der Waals surface area contributed by atoms with E-state index in [2.05, 4.69) is 11.4 Å². The highest BCUT2D eigenvalue weighted by Gasteiger charge is 2.13. The Morgan fingerprint density at radius 1 is 1.30 bits per heavy atom. The molecule has 0 bridgehead atoms. The van der Waals surface area contributed by atoms with E-state index in [1.54, 1.807) is 30.1 Å². The van der Waals surface area contributed by atoms with Gasteiger partial charge >= 0.3 is 0 Å². The minimum atomic E-state index is -0.139. The lowest BCUT2D eigenvalue weighted by Gasteiger charge is -2.20. The van der Waals surface area contributed by atoms with Crippen LogP contribution in [0.1, 0.15) is 16.7 Å². The molecular formula is C18H18ClN3O. The van der Waals surface area contributed by atoms with Crippen LogP contribution in [0.15, 0.2) is 36.4 Å². The molecule has 0 aliphatic rings. The number of rotatable bonds is 4. The minimum Gasteiger partial charge on any atom is -0.364 e. The van der Waals surface area contributed by atoms with Crippen LogP contribution < -0.4 is 10.2 Å². The van der Waals surface area contributed by atoms with Gasteiger partial charge in [-0.3, -0.25) is 4.79 Å². The number of anilines is 2. The lowest BCUT2D eigenvalue weighted by atomic mass is 10.1. The molecule has 0 fully saturated rings. The number of carbonyl (C=O) groups excluding carboxylic acids is 1. The summed E-state index contributed by atoms with van der Waals surface area (Å²) in [6.07, 6.45) is 0. The van der Waals surface area contributed by atoms with Crippen LogP contribution in [0.2, 0.25) is 5.02 Å². The summed E-state index contributed by atoms with van der Waals surface area (Å²) in [6.45, 7) is 4.12. The fourth-order valence-corrected chi connectivity index (χ4v) is 2.48. The van der Waals surface area contributed by atoms with Crippen molar-refractivity contribution in [3.8, 4) is 6.07 Å². The van der Waals surface area contributed by atoms with Crippen molar-refractivity contribution < 1.29 is 4.79 Å². The van der Waals surface area contributed by atoms with Gasteiger partial charge in [-0.25, -0.2) is 0 Å². The lowest BCUT2D eigenvalue weighted by Crippen LogP contribution is -2.30. The van der Waals surface area contributed by atoms with Gasteiger partial charge in [0.25, 0.3) is 0 Å². The number of amides is 1. The van der Waals surface area contributed by atoms with Gasteiger partial charge in [-0.2, -0.15) is 5.26 Å². The number of likely N-dealkylation sites (N-methyl/N-ethyl adjacent to an activating group) is 1. The third kappa shape index (κ3) is 4.02. The van der Waals surface area contributed by atoms with E-state index in [9.17, 15) is 10.1 Å². The zero-order chi connectivity index (χ0) is 17.0. The Morgan fingerprint density at radius 3 is 2.74 bits per heavy atom. The number of carbonyl (C=O) groups is 1. The van der Waals surface area contributed by atoms with Crippen LogP contribution in [-0.2, 0) is 4.79 Å². The molecule has 0 saturated carbocycles. The summed E-state index contributed by atoms with van der Waals surface area (Å²) in [5.41, 5.74) is 4.10. The van der Waals surface area contributed by atoms with Crippen LogP contribution in [0.5, 0.6) is 0 Å². The maximum Gasteiger partial charge on any atom is 0.243 e. The molecule has 0 aliphatic carbocycles. The molecule has 2 aromatic carbocycles. The van der Waals surface area contributed by atoms with Crippen molar-refractivity contribution in [2.45, 2.75) is 13.8 Å². The van der Waals surface area contributed by atoms with Gasteiger partial charge in [-0.15, -0.1) is 0 Å². The summed E-state index contributed by atoms with van der Waals surface area (Å²) in [5.74, 6) is -0.139. The number of benzene rings is 2. The quantitative estimate of drug-likeness (QED) is 0.926. The molecule has 2 rings (SSSR count). The van der Waals surface area contributed by atoms with Crippen molar-refractivity contribution in [1.82, 2.24) is 0 Å².